The summed E-state index contributed by atoms with van der Waals surface area (Å²) in [6.07, 6.45) is 0. The summed E-state index contributed by atoms with van der Waals surface area (Å²) in [5, 5.41) is 5.55. The van der Waals surface area contributed by atoms with Gasteiger partial charge in [-0.1, -0.05) is 88.7 Å². The Labute approximate surface area is 176 Å². The lowest BCUT2D eigenvalue weighted by atomic mass is 9.90. The number of thiazole rings is 1. The zero-order chi connectivity index (χ0) is 19.3. The lowest BCUT2D eigenvalue weighted by Crippen LogP contribution is -2.22. The summed E-state index contributed by atoms with van der Waals surface area (Å²) in [5.74, 6) is -0.475. The first kappa shape index (κ1) is 18.6. The van der Waals surface area contributed by atoms with Crippen LogP contribution in [0.25, 0.3) is 11.3 Å². The molecule has 0 aliphatic rings. The molecule has 0 saturated heterocycles. The number of rotatable bonds is 5. The van der Waals surface area contributed by atoms with Crippen LogP contribution in [-0.2, 0) is 4.79 Å². The third-order valence-corrected chi connectivity index (χ3v) is 5.69. The highest BCUT2D eigenvalue weighted by atomic mass is 79.9. The molecule has 0 aliphatic heterocycles. The van der Waals surface area contributed by atoms with Crippen LogP contribution in [0.3, 0.4) is 0 Å². The molecule has 0 fully saturated rings. The van der Waals surface area contributed by atoms with Gasteiger partial charge in [-0.05, 0) is 23.3 Å². The van der Waals surface area contributed by atoms with Crippen LogP contribution in [0.15, 0.2) is 94.8 Å². The summed E-state index contributed by atoms with van der Waals surface area (Å²) in [5.41, 5.74) is 3.78. The summed E-state index contributed by atoms with van der Waals surface area (Å²) < 4.78 is 1.02. The van der Waals surface area contributed by atoms with E-state index in [-0.39, 0.29) is 11.8 Å². The summed E-state index contributed by atoms with van der Waals surface area (Å²) in [4.78, 5) is 17.7. The van der Waals surface area contributed by atoms with E-state index in [0.717, 1.165) is 26.9 Å². The van der Waals surface area contributed by atoms with Gasteiger partial charge in [0, 0.05) is 15.4 Å². The van der Waals surface area contributed by atoms with Crippen molar-refractivity contribution >= 4 is 38.3 Å². The van der Waals surface area contributed by atoms with Crippen LogP contribution in [0, 0.1) is 0 Å². The van der Waals surface area contributed by atoms with E-state index in [1.807, 2.05) is 90.3 Å². The van der Waals surface area contributed by atoms with Gasteiger partial charge >= 0.3 is 0 Å². The van der Waals surface area contributed by atoms with Crippen LogP contribution >= 0.6 is 27.3 Å². The molecule has 4 aromatic rings. The minimum atomic E-state index is -0.387. The maximum Gasteiger partial charge on any atom is 0.238 e. The third-order valence-electron chi connectivity index (χ3n) is 4.40. The van der Waals surface area contributed by atoms with E-state index in [1.165, 1.54) is 11.3 Å². The monoisotopic (exact) mass is 448 g/mol. The fourth-order valence-electron chi connectivity index (χ4n) is 3.05. The Morgan fingerprint density at radius 1 is 0.857 bits per heavy atom. The first-order chi connectivity index (χ1) is 13.7. The van der Waals surface area contributed by atoms with Crippen molar-refractivity contribution in [1.82, 2.24) is 4.98 Å². The highest BCUT2D eigenvalue weighted by Gasteiger charge is 2.23. The largest absolute Gasteiger partial charge is 0.301 e. The molecule has 1 aromatic heterocycles. The fraction of sp³-hybridized carbons (Fsp3) is 0.0435. The van der Waals surface area contributed by atoms with E-state index < -0.39 is 0 Å². The van der Waals surface area contributed by atoms with Crippen LogP contribution in [-0.4, -0.2) is 10.9 Å². The normalized spacial score (nSPS) is 10.8. The number of carbonyl (C=O) groups excluding carboxylic acids is 1. The Morgan fingerprint density at radius 3 is 2.00 bits per heavy atom. The van der Waals surface area contributed by atoms with Crippen molar-refractivity contribution in [2.45, 2.75) is 5.92 Å². The number of aromatic nitrogens is 1. The van der Waals surface area contributed by atoms with Gasteiger partial charge < -0.3 is 5.32 Å². The molecule has 3 nitrogen and oxygen atoms in total. The van der Waals surface area contributed by atoms with Gasteiger partial charge in [0.25, 0.3) is 0 Å². The highest BCUT2D eigenvalue weighted by Crippen LogP contribution is 2.29. The summed E-state index contributed by atoms with van der Waals surface area (Å²) >= 11 is 4.87. The minimum absolute atomic E-state index is 0.0888. The van der Waals surface area contributed by atoms with Gasteiger partial charge in [0.1, 0.15) is 0 Å². The summed E-state index contributed by atoms with van der Waals surface area (Å²) in [6.45, 7) is 0. The molecular weight excluding hydrogens is 432 g/mol. The number of nitrogens with one attached hydrogen (secondary N) is 1. The van der Waals surface area contributed by atoms with Gasteiger partial charge in [-0.2, -0.15) is 0 Å². The van der Waals surface area contributed by atoms with Gasteiger partial charge in [0.05, 0.1) is 11.6 Å². The van der Waals surface area contributed by atoms with E-state index in [4.69, 9.17) is 0 Å². The molecular formula is C23H17BrN2OS. The number of anilines is 1. The number of carbonyl (C=O) groups is 1. The predicted octanol–water partition coefficient (Wildman–Crippen LogP) is 6.34. The Morgan fingerprint density at radius 2 is 1.43 bits per heavy atom. The number of amides is 1. The van der Waals surface area contributed by atoms with Gasteiger partial charge in [-0.15, -0.1) is 11.3 Å². The van der Waals surface area contributed by atoms with Gasteiger partial charge in [0.2, 0.25) is 5.91 Å². The maximum atomic E-state index is 13.2. The van der Waals surface area contributed by atoms with E-state index in [2.05, 4.69) is 26.2 Å². The summed E-state index contributed by atoms with van der Waals surface area (Å²) in [7, 11) is 0. The Balaban J connectivity index is 1.59. The van der Waals surface area contributed by atoms with E-state index in [9.17, 15) is 4.79 Å². The number of halogens is 1. The SMILES string of the molecule is O=C(Nc1nc(-c2ccc(Br)cc2)cs1)C(c1ccccc1)c1ccccc1. The second-order valence-electron chi connectivity index (χ2n) is 6.29. The molecule has 0 aliphatic carbocycles. The van der Waals surface area contributed by atoms with Crippen molar-refractivity contribution < 1.29 is 4.79 Å². The molecule has 28 heavy (non-hydrogen) atoms. The zero-order valence-electron chi connectivity index (χ0n) is 14.9. The molecule has 5 heteroatoms. The minimum Gasteiger partial charge on any atom is -0.301 e. The molecule has 0 atom stereocenters. The van der Waals surface area contributed by atoms with Crippen molar-refractivity contribution in [3.05, 3.63) is 106 Å². The predicted molar refractivity (Wildman–Crippen MR) is 119 cm³/mol. The first-order valence-electron chi connectivity index (χ1n) is 8.83. The molecule has 1 amide bonds. The molecule has 0 unspecified atom stereocenters. The van der Waals surface area contributed by atoms with Gasteiger partial charge in [-0.3, -0.25) is 4.79 Å². The van der Waals surface area contributed by atoms with Crippen molar-refractivity contribution in [3.8, 4) is 11.3 Å². The van der Waals surface area contributed by atoms with Crippen LogP contribution in [0.4, 0.5) is 5.13 Å². The standard InChI is InChI=1S/C23H17BrN2OS/c24-19-13-11-16(12-14-19)20-15-28-23(25-20)26-22(27)21(17-7-3-1-4-8-17)18-9-5-2-6-10-18/h1-15,21H,(H,25,26,27). The molecule has 0 saturated carbocycles. The molecule has 3 aromatic carbocycles. The lowest BCUT2D eigenvalue weighted by Gasteiger charge is -2.17. The van der Waals surface area contributed by atoms with Crippen molar-refractivity contribution in [1.29, 1.82) is 0 Å². The average molecular weight is 449 g/mol. The molecule has 4 rings (SSSR count). The van der Waals surface area contributed by atoms with Crippen LogP contribution < -0.4 is 5.32 Å². The van der Waals surface area contributed by atoms with Gasteiger partial charge in [0.15, 0.2) is 5.13 Å². The lowest BCUT2D eigenvalue weighted by molar-refractivity contribution is -0.116. The molecule has 0 bridgehead atoms. The Kier molecular flexibility index (Phi) is 5.65. The van der Waals surface area contributed by atoms with E-state index in [0.29, 0.717) is 5.13 Å². The maximum absolute atomic E-state index is 13.2. The van der Waals surface area contributed by atoms with Crippen molar-refractivity contribution in [2.75, 3.05) is 5.32 Å². The number of hydrogen-bond donors (Lipinski definition) is 1. The smallest absolute Gasteiger partial charge is 0.238 e. The van der Waals surface area contributed by atoms with Crippen molar-refractivity contribution in [2.24, 2.45) is 0 Å². The van der Waals surface area contributed by atoms with Crippen LogP contribution in [0.1, 0.15) is 17.0 Å². The fourth-order valence-corrected chi connectivity index (χ4v) is 4.04. The number of benzene rings is 3. The molecule has 138 valence electrons. The number of hydrogen-bond acceptors (Lipinski definition) is 3. The average Bonchev–Trinajstić information content (AvgIpc) is 3.19. The Bertz CT molecular complexity index is 1020. The topological polar surface area (TPSA) is 42.0 Å². The third kappa shape index (κ3) is 4.21. The zero-order valence-corrected chi connectivity index (χ0v) is 17.3. The quantitative estimate of drug-likeness (QED) is 0.386. The van der Waals surface area contributed by atoms with Crippen LogP contribution in [0.2, 0.25) is 0 Å². The van der Waals surface area contributed by atoms with Crippen molar-refractivity contribution in [3.63, 3.8) is 0 Å². The second kappa shape index (κ2) is 8.50. The van der Waals surface area contributed by atoms with E-state index >= 15 is 0 Å². The molecule has 0 spiro atoms. The molecule has 1 N–H and O–H groups in total. The van der Waals surface area contributed by atoms with Gasteiger partial charge in [-0.25, -0.2) is 4.98 Å². The Hall–Kier alpha value is -2.76. The number of nitrogens with zero attached hydrogens (tertiary/aromatic N) is 1. The molecule has 1 heterocycles. The molecule has 0 radical (unpaired) electrons. The summed E-state index contributed by atoms with van der Waals surface area (Å²) in [6, 6.07) is 27.6. The van der Waals surface area contributed by atoms with Crippen LogP contribution in [0.5, 0.6) is 0 Å². The first-order valence-corrected chi connectivity index (χ1v) is 10.5. The van der Waals surface area contributed by atoms with E-state index in [1.54, 1.807) is 0 Å². The highest BCUT2D eigenvalue weighted by molar-refractivity contribution is 9.10. The second-order valence-corrected chi connectivity index (χ2v) is 8.06.